The van der Waals surface area contributed by atoms with Gasteiger partial charge in [0.05, 0.1) is 12.6 Å². The van der Waals surface area contributed by atoms with Gasteiger partial charge in [0.25, 0.3) is 6.43 Å². The Morgan fingerprint density at radius 1 is 1.43 bits per heavy atom. The van der Waals surface area contributed by atoms with Crippen molar-refractivity contribution in [2.45, 2.75) is 44.6 Å². The second kappa shape index (κ2) is 5.39. The molecule has 4 heteroatoms. The second-order valence-corrected chi connectivity index (χ2v) is 3.91. The first-order valence-electron chi connectivity index (χ1n) is 5.12. The lowest BCUT2D eigenvalue weighted by Crippen LogP contribution is -2.40. The van der Waals surface area contributed by atoms with E-state index in [-0.39, 0.29) is 18.4 Å². The maximum absolute atomic E-state index is 12.1. The number of ketones is 1. The molecular weight excluding hydrogens is 188 g/mol. The molecule has 14 heavy (non-hydrogen) atoms. The fourth-order valence-corrected chi connectivity index (χ4v) is 1.95. The number of Topliss-reactive ketones (excluding diaryl/α,β-unsaturated/α-hetero) is 1. The zero-order valence-corrected chi connectivity index (χ0v) is 8.51. The Hall–Kier alpha value is -0.510. The summed E-state index contributed by atoms with van der Waals surface area (Å²) in [4.78, 5) is 13.0. The Morgan fingerprint density at radius 2 is 2.14 bits per heavy atom. The first-order valence-corrected chi connectivity index (χ1v) is 5.12. The average molecular weight is 205 g/mol. The number of rotatable bonds is 3. The summed E-state index contributed by atoms with van der Waals surface area (Å²) in [5.41, 5.74) is 0. The van der Waals surface area contributed by atoms with Gasteiger partial charge in [0, 0.05) is 6.42 Å². The monoisotopic (exact) mass is 205 g/mol. The number of nitrogens with zero attached hydrogens (tertiary/aromatic N) is 1. The van der Waals surface area contributed by atoms with Crippen molar-refractivity contribution in [3.05, 3.63) is 0 Å². The molecule has 1 unspecified atom stereocenters. The zero-order chi connectivity index (χ0) is 10.6. The number of carbonyl (C=O) groups is 1. The van der Waals surface area contributed by atoms with Crippen LogP contribution in [0.1, 0.15) is 32.1 Å². The molecule has 0 saturated heterocycles. The summed E-state index contributed by atoms with van der Waals surface area (Å²) >= 11 is 0. The molecule has 1 aliphatic rings. The number of likely N-dealkylation sites (N-methyl/N-ethyl adjacent to an activating group) is 1. The smallest absolute Gasteiger partial charge is 0.251 e. The quantitative estimate of drug-likeness (QED) is 0.657. The van der Waals surface area contributed by atoms with Crippen LogP contribution in [0, 0.1) is 0 Å². The minimum absolute atomic E-state index is 0.130. The Labute approximate surface area is 83.3 Å². The van der Waals surface area contributed by atoms with Crippen LogP contribution in [0.3, 0.4) is 0 Å². The highest BCUT2D eigenvalue weighted by Crippen LogP contribution is 2.18. The lowest BCUT2D eigenvalue weighted by molar-refractivity contribution is -0.124. The van der Waals surface area contributed by atoms with Gasteiger partial charge >= 0.3 is 0 Å². The number of halogens is 2. The molecule has 0 heterocycles. The van der Waals surface area contributed by atoms with Gasteiger partial charge in [-0.3, -0.25) is 9.69 Å². The van der Waals surface area contributed by atoms with Crippen LogP contribution in [-0.4, -0.2) is 36.7 Å². The minimum Gasteiger partial charge on any atom is -0.298 e. The van der Waals surface area contributed by atoms with Crippen LogP contribution in [-0.2, 0) is 4.79 Å². The zero-order valence-electron chi connectivity index (χ0n) is 8.51. The number of hydrogen-bond donors (Lipinski definition) is 0. The van der Waals surface area contributed by atoms with Gasteiger partial charge in [-0.25, -0.2) is 8.78 Å². The van der Waals surface area contributed by atoms with Crippen LogP contribution in [0.25, 0.3) is 0 Å². The van der Waals surface area contributed by atoms with E-state index in [2.05, 4.69) is 0 Å². The van der Waals surface area contributed by atoms with Crippen molar-refractivity contribution >= 4 is 5.78 Å². The molecule has 1 fully saturated rings. The lowest BCUT2D eigenvalue weighted by atomic mass is 10.1. The topological polar surface area (TPSA) is 20.3 Å². The molecule has 1 atom stereocenters. The van der Waals surface area contributed by atoms with E-state index in [1.54, 1.807) is 7.05 Å². The Bertz CT molecular complexity index is 197. The van der Waals surface area contributed by atoms with Crippen molar-refractivity contribution in [1.82, 2.24) is 4.90 Å². The molecule has 0 aromatic rings. The first-order chi connectivity index (χ1) is 6.61. The Kier molecular flexibility index (Phi) is 4.45. The van der Waals surface area contributed by atoms with Crippen LogP contribution < -0.4 is 0 Å². The molecule has 0 amide bonds. The lowest BCUT2D eigenvalue weighted by Gasteiger charge is -2.25. The molecule has 0 radical (unpaired) electrons. The summed E-state index contributed by atoms with van der Waals surface area (Å²) in [5.74, 6) is 0.130. The molecule has 0 aromatic carbocycles. The molecular formula is C10H17F2NO. The van der Waals surface area contributed by atoms with Gasteiger partial charge in [0.15, 0.2) is 0 Å². The van der Waals surface area contributed by atoms with Gasteiger partial charge in [-0.05, 0) is 19.9 Å². The van der Waals surface area contributed by atoms with Gasteiger partial charge in [0.2, 0.25) is 0 Å². The van der Waals surface area contributed by atoms with E-state index in [9.17, 15) is 13.6 Å². The fourth-order valence-electron chi connectivity index (χ4n) is 1.95. The molecule has 0 bridgehead atoms. The van der Waals surface area contributed by atoms with E-state index in [0.717, 1.165) is 25.7 Å². The normalized spacial score (nSPS) is 24.4. The Balaban J connectivity index is 2.50. The molecule has 82 valence electrons. The molecule has 0 aromatic heterocycles. The maximum Gasteiger partial charge on any atom is 0.251 e. The third-order valence-corrected chi connectivity index (χ3v) is 2.73. The van der Waals surface area contributed by atoms with Crippen molar-refractivity contribution < 1.29 is 13.6 Å². The van der Waals surface area contributed by atoms with Crippen molar-refractivity contribution in [3.8, 4) is 0 Å². The van der Waals surface area contributed by atoms with Crippen LogP contribution in [0.4, 0.5) is 8.78 Å². The Morgan fingerprint density at radius 3 is 2.79 bits per heavy atom. The summed E-state index contributed by atoms with van der Waals surface area (Å²) in [6, 6.07) is -0.272. The third-order valence-electron chi connectivity index (χ3n) is 2.73. The predicted octanol–water partition coefficient (Wildman–Crippen LogP) is 2.09. The standard InChI is InChI=1S/C10H17F2NO/c1-13(7-10(11)12)8-5-3-2-4-6-9(8)14/h8,10H,2-7H2,1H3. The van der Waals surface area contributed by atoms with E-state index in [4.69, 9.17) is 0 Å². The summed E-state index contributed by atoms with van der Waals surface area (Å²) in [6.07, 6.45) is 1.88. The van der Waals surface area contributed by atoms with Gasteiger partial charge in [-0.1, -0.05) is 12.8 Å². The molecule has 1 aliphatic carbocycles. The number of carbonyl (C=O) groups excluding carboxylic acids is 1. The van der Waals surface area contributed by atoms with Gasteiger partial charge in [0.1, 0.15) is 5.78 Å². The number of alkyl halides is 2. The van der Waals surface area contributed by atoms with Crippen molar-refractivity contribution in [2.24, 2.45) is 0 Å². The van der Waals surface area contributed by atoms with Crippen LogP contribution in [0.5, 0.6) is 0 Å². The van der Waals surface area contributed by atoms with Gasteiger partial charge in [-0.15, -0.1) is 0 Å². The number of hydrogen-bond acceptors (Lipinski definition) is 2. The van der Waals surface area contributed by atoms with Crippen LogP contribution in [0.15, 0.2) is 0 Å². The fraction of sp³-hybridized carbons (Fsp3) is 0.900. The molecule has 0 N–H and O–H groups in total. The average Bonchev–Trinajstić information content (AvgIpc) is 2.28. The van der Waals surface area contributed by atoms with E-state index in [1.165, 1.54) is 4.90 Å². The third kappa shape index (κ3) is 3.33. The highest BCUT2D eigenvalue weighted by atomic mass is 19.3. The molecule has 2 nitrogen and oxygen atoms in total. The van der Waals surface area contributed by atoms with E-state index >= 15 is 0 Å². The SMILES string of the molecule is CN(CC(F)F)C1CCCCCC1=O. The molecule has 0 spiro atoms. The van der Waals surface area contributed by atoms with Gasteiger partial charge in [-0.2, -0.15) is 0 Å². The minimum atomic E-state index is -2.35. The predicted molar refractivity (Wildman–Crippen MR) is 50.5 cm³/mol. The highest BCUT2D eigenvalue weighted by Gasteiger charge is 2.25. The highest BCUT2D eigenvalue weighted by molar-refractivity contribution is 5.84. The van der Waals surface area contributed by atoms with Crippen LogP contribution >= 0.6 is 0 Å². The van der Waals surface area contributed by atoms with E-state index in [0.29, 0.717) is 6.42 Å². The molecule has 1 saturated carbocycles. The summed E-state index contributed by atoms with van der Waals surface area (Å²) in [7, 11) is 1.61. The van der Waals surface area contributed by atoms with Crippen molar-refractivity contribution in [1.29, 1.82) is 0 Å². The van der Waals surface area contributed by atoms with E-state index in [1.807, 2.05) is 0 Å². The van der Waals surface area contributed by atoms with Crippen LogP contribution in [0.2, 0.25) is 0 Å². The maximum atomic E-state index is 12.1. The van der Waals surface area contributed by atoms with Crippen molar-refractivity contribution in [2.75, 3.05) is 13.6 Å². The first kappa shape index (κ1) is 11.6. The molecule has 1 rings (SSSR count). The second-order valence-electron chi connectivity index (χ2n) is 3.91. The largest absolute Gasteiger partial charge is 0.298 e. The van der Waals surface area contributed by atoms with Crippen molar-refractivity contribution in [3.63, 3.8) is 0 Å². The summed E-state index contributed by atoms with van der Waals surface area (Å²) < 4.78 is 24.2. The van der Waals surface area contributed by atoms with Gasteiger partial charge < -0.3 is 0 Å². The molecule has 0 aliphatic heterocycles. The summed E-state index contributed by atoms with van der Waals surface area (Å²) in [6.45, 7) is -0.295. The van der Waals surface area contributed by atoms with E-state index < -0.39 is 6.43 Å². The summed E-state index contributed by atoms with van der Waals surface area (Å²) in [5, 5.41) is 0.